The van der Waals surface area contributed by atoms with Crippen LogP contribution in [0, 0.1) is 6.92 Å². The number of amides is 1. The molecule has 2 aromatic rings. The summed E-state index contributed by atoms with van der Waals surface area (Å²) < 4.78 is 10.3. The zero-order valence-electron chi connectivity index (χ0n) is 10.6. The van der Waals surface area contributed by atoms with Crippen LogP contribution in [-0.2, 0) is 4.79 Å². The van der Waals surface area contributed by atoms with Crippen LogP contribution in [0.2, 0.25) is 0 Å². The molecule has 2 rings (SSSR count). The quantitative estimate of drug-likeness (QED) is 0.679. The van der Waals surface area contributed by atoms with Gasteiger partial charge in [-0.25, -0.2) is 4.79 Å². The molecule has 0 atom stereocenters. The molecule has 0 aliphatic heterocycles. The number of nitrogens with one attached hydrogen (secondary N) is 1. The van der Waals surface area contributed by atoms with Gasteiger partial charge in [-0.15, -0.1) is 0 Å². The minimum absolute atomic E-state index is 0.156. The molecule has 1 heterocycles. The van der Waals surface area contributed by atoms with Crippen LogP contribution < -0.4 is 10.1 Å². The number of furan rings is 1. The van der Waals surface area contributed by atoms with Crippen LogP contribution in [0.25, 0.3) is 0 Å². The molecule has 0 radical (unpaired) electrons. The van der Waals surface area contributed by atoms with Crippen molar-refractivity contribution < 1.29 is 18.7 Å². The molecular formula is C14H13NO4. The molecule has 0 aliphatic carbocycles. The minimum Gasteiger partial charge on any atom is -0.454 e. The van der Waals surface area contributed by atoms with Gasteiger partial charge in [0.15, 0.2) is 0 Å². The third kappa shape index (κ3) is 3.45. The topological polar surface area (TPSA) is 68.5 Å². The van der Waals surface area contributed by atoms with Gasteiger partial charge in [-0.3, -0.25) is 4.79 Å². The lowest BCUT2D eigenvalue weighted by atomic mass is 10.3. The molecule has 19 heavy (non-hydrogen) atoms. The van der Waals surface area contributed by atoms with Crippen molar-refractivity contribution in [2.24, 2.45) is 0 Å². The van der Waals surface area contributed by atoms with Crippen LogP contribution in [0.3, 0.4) is 0 Å². The van der Waals surface area contributed by atoms with Crippen LogP contribution >= 0.6 is 0 Å². The molecule has 0 bridgehead atoms. The van der Waals surface area contributed by atoms with Crippen LogP contribution in [0.4, 0.5) is 5.69 Å². The van der Waals surface area contributed by atoms with Gasteiger partial charge < -0.3 is 14.5 Å². The molecule has 5 heteroatoms. The lowest BCUT2D eigenvalue weighted by Crippen LogP contribution is -2.08. The summed E-state index contributed by atoms with van der Waals surface area (Å²) in [6.45, 7) is 3.17. The number of benzene rings is 1. The maximum absolute atomic E-state index is 11.7. The molecule has 0 saturated carbocycles. The number of carbonyl (C=O) groups excluding carboxylic acids is 2. The highest BCUT2D eigenvalue weighted by Crippen LogP contribution is 2.17. The second kappa shape index (κ2) is 5.39. The van der Waals surface area contributed by atoms with Gasteiger partial charge in [-0.2, -0.15) is 0 Å². The number of hydrogen-bond acceptors (Lipinski definition) is 4. The van der Waals surface area contributed by atoms with Crippen molar-refractivity contribution in [3.8, 4) is 5.75 Å². The van der Waals surface area contributed by atoms with Crippen molar-refractivity contribution in [2.45, 2.75) is 13.8 Å². The highest BCUT2D eigenvalue weighted by Gasteiger charge is 2.12. The third-order valence-corrected chi connectivity index (χ3v) is 2.33. The van der Waals surface area contributed by atoms with Crippen molar-refractivity contribution in [3.63, 3.8) is 0 Å². The average molecular weight is 259 g/mol. The molecule has 0 aliphatic rings. The Kier molecular flexibility index (Phi) is 3.66. The summed E-state index contributed by atoms with van der Waals surface area (Å²) in [6, 6.07) is 9.74. The number of hydrogen-bond donors (Lipinski definition) is 1. The van der Waals surface area contributed by atoms with E-state index in [0.717, 1.165) is 0 Å². The Morgan fingerprint density at radius 3 is 2.32 bits per heavy atom. The SMILES string of the molecule is CC(=O)Nc1ccc(OC(=O)c2ccc(C)o2)cc1. The first-order valence-electron chi connectivity index (χ1n) is 5.71. The Bertz CT molecular complexity index is 598. The molecule has 0 spiro atoms. The molecule has 98 valence electrons. The highest BCUT2D eigenvalue weighted by atomic mass is 16.5. The van der Waals surface area contributed by atoms with Crippen LogP contribution in [-0.4, -0.2) is 11.9 Å². The molecule has 1 aromatic heterocycles. The van der Waals surface area contributed by atoms with E-state index < -0.39 is 5.97 Å². The monoisotopic (exact) mass is 259 g/mol. The van der Waals surface area contributed by atoms with E-state index in [1.807, 2.05) is 0 Å². The molecular weight excluding hydrogens is 246 g/mol. The predicted molar refractivity (Wildman–Crippen MR) is 69.1 cm³/mol. The zero-order chi connectivity index (χ0) is 13.8. The van der Waals surface area contributed by atoms with Crippen molar-refractivity contribution in [3.05, 3.63) is 47.9 Å². The second-order valence-electron chi connectivity index (χ2n) is 4.01. The standard InChI is InChI=1S/C14H13NO4/c1-9-3-8-13(18-9)14(17)19-12-6-4-11(5-7-12)15-10(2)16/h3-8H,1-2H3,(H,15,16). The Morgan fingerprint density at radius 2 is 1.79 bits per heavy atom. The Balaban J connectivity index is 2.03. The van der Waals surface area contributed by atoms with Gasteiger partial charge in [0.2, 0.25) is 11.7 Å². The van der Waals surface area contributed by atoms with Crippen molar-refractivity contribution in [1.29, 1.82) is 0 Å². The first-order chi connectivity index (χ1) is 9.04. The number of rotatable bonds is 3. The summed E-state index contributed by atoms with van der Waals surface area (Å²) in [5.74, 6) is 0.473. The normalized spacial score (nSPS) is 10.0. The van der Waals surface area contributed by atoms with Gasteiger partial charge in [-0.05, 0) is 43.3 Å². The maximum Gasteiger partial charge on any atom is 0.379 e. The van der Waals surface area contributed by atoms with Gasteiger partial charge >= 0.3 is 5.97 Å². The van der Waals surface area contributed by atoms with Gasteiger partial charge in [-0.1, -0.05) is 0 Å². The molecule has 0 saturated heterocycles. The fourth-order valence-corrected chi connectivity index (χ4v) is 1.51. The van der Waals surface area contributed by atoms with Gasteiger partial charge in [0.25, 0.3) is 0 Å². The van der Waals surface area contributed by atoms with Crippen LogP contribution in [0.5, 0.6) is 5.75 Å². The fourth-order valence-electron chi connectivity index (χ4n) is 1.51. The number of aryl methyl sites for hydroxylation is 1. The molecule has 0 fully saturated rings. The van der Waals surface area contributed by atoms with E-state index in [1.165, 1.54) is 6.92 Å². The summed E-state index contributed by atoms with van der Waals surface area (Å²) in [7, 11) is 0. The first kappa shape index (κ1) is 12.9. The number of ether oxygens (including phenoxy) is 1. The van der Waals surface area contributed by atoms with Crippen molar-refractivity contribution in [2.75, 3.05) is 5.32 Å². The summed E-state index contributed by atoms with van der Waals surface area (Å²) in [4.78, 5) is 22.6. The Hall–Kier alpha value is -2.56. The van der Waals surface area contributed by atoms with E-state index in [2.05, 4.69) is 5.32 Å². The van der Waals surface area contributed by atoms with Gasteiger partial charge in [0.05, 0.1) is 0 Å². The fraction of sp³-hybridized carbons (Fsp3) is 0.143. The van der Waals surface area contributed by atoms with Crippen molar-refractivity contribution in [1.82, 2.24) is 0 Å². The molecule has 1 N–H and O–H groups in total. The largest absolute Gasteiger partial charge is 0.454 e. The van der Waals surface area contributed by atoms with Crippen LogP contribution in [0.15, 0.2) is 40.8 Å². The molecule has 1 aromatic carbocycles. The second-order valence-corrected chi connectivity index (χ2v) is 4.01. The van der Waals surface area contributed by atoms with Crippen LogP contribution in [0.1, 0.15) is 23.2 Å². The highest BCUT2D eigenvalue weighted by molar-refractivity contribution is 5.89. The number of carbonyl (C=O) groups is 2. The zero-order valence-corrected chi connectivity index (χ0v) is 10.6. The summed E-state index contributed by atoms with van der Waals surface area (Å²) in [6.07, 6.45) is 0. The average Bonchev–Trinajstić information content (AvgIpc) is 2.78. The van der Waals surface area contributed by atoms with Gasteiger partial charge in [0, 0.05) is 12.6 Å². The van der Waals surface area contributed by atoms with E-state index >= 15 is 0 Å². The summed E-state index contributed by atoms with van der Waals surface area (Å²) in [5, 5.41) is 2.62. The van der Waals surface area contributed by atoms with Crippen molar-refractivity contribution >= 4 is 17.6 Å². The van der Waals surface area contributed by atoms with E-state index in [1.54, 1.807) is 43.3 Å². The summed E-state index contributed by atoms with van der Waals surface area (Å²) >= 11 is 0. The van der Waals surface area contributed by atoms with E-state index in [4.69, 9.17) is 9.15 Å². The smallest absolute Gasteiger partial charge is 0.379 e. The lowest BCUT2D eigenvalue weighted by Gasteiger charge is -2.04. The Labute approximate surface area is 110 Å². The molecule has 0 unspecified atom stereocenters. The number of esters is 1. The maximum atomic E-state index is 11.7. The third-order valence-electron chi connectivity index (χ3n) is 2.33. The Morgan fingerprint density at radius 1 is 1.11 bits per heavy atom. The summed E-state index contributed by atoms with van der Waals surface area (Å²) in [5.41, 5.74) is 0.640. The molecule has 1 amide bonds. The van der Waals surface area contributed by atoms with Gasteiger partial charge in [0.1, 0.15) is 11.5 Å². The van der Waals surface area contributed by atoms with E-state index in [9.17, 15) is 9.59 Å². The first-order valence-corrected chi connectivity index (χ1v) is 5.71. The molecule has 5 nitrogen and oxygen atoms in total. The lowest BCUT2D eigenvalue weighted by molar-refractivity contribution is -0.114. The van der Waals surface area contributed by atoms with E-state index in [-0.39, 0.29) is 11.7 Å². The number of anilines is 1. The van der Waals surface area contributed by atoms with E-state index in [0.29, 0.717) is 17.2 Å². The predicted octanol–water partition coefficient (Wildman–Crippen LogP) is 2.77. The minimum atomic E-state index is -0.555.